The predicted molar refractivity (Wildman–Crippen MR) is 98.5 cm³/mol. The number of hydrogen-bond donors (Lipinski definition) is 1. The van der Waals surface area contributed by atoms with Gasteiger partial charge in [0.1, 0.15) is 0 Å². The summed E-state index contributed by atoms with van der Waals surface area (Å²) in [5.41, 5.74) is 9.16. The van der Waals surface area contributed by atoms with Gasteiger partial charge >= 0.3 is 0 Å². The molecule has 0 heterocycles. The molecule has 1 aliphatic rings. The van der Waals surface area contributed by atoms with Gasteiger partial charge in [-0.2, -0.15) is 0 Å². The third-order valence-electron chi connectivity index (χ3n) is 4.89. The molecule has 1 heteroatoms. The Labute approximate surface area is 138 Å². The van der Waals surface area contributed by atoms with E-state index in [9.17, 15) is 0 Å². The van der Waals surface area contributed by atoms with Gasteiger partial charge in [0.15, 0.2) is 0 Å². The molecule has 0 fully saturated rings. The molecule has 0 aliphatic heterocycles. The van der Waals surface area contributed by atoms with Gasteiger partial charge in [0, 0.05) is 16.8 Å². The lowest BCUT2D eigenvalue weighted by atomic mass is 9.82. The molecule has 3 aromatic rings. The molecule has 0 unspecified atom stereocenters. The van der Waals surface area contributed by atoms with E-state index in [1.54, 1.807) is 0 Å². The van der Waals surface area contributed by atoms with Gasteiger partial charge in [-0.3, -0.25) is 0 Å². The predicted octanol–water partition coefficient (Wildman–Crippen LogP) is 6.04. The highest BCUT2D eigenvalue weighted by Crippen LogP contribution is 2.49. The molecule has 23 heavy (non-hydrogen) atoms. The number of fused-ring (bicyclic) bond motifs is 3. The van der Waals surface area contributed by atoms with Crippen molar-refractivity contribution in [3.05, 3.63) is 83.4 Å². The maximum Gasteiger partial charge on any atom is 0.0387 e. The third kappa shape index (κ3) is 2.24. The Morgan fingerprint density at radius 2 is 1.43 bits per heavy atom. The molecule has 0 saturated heterocycles. The van der Waals surface area contributed by atoms with Crippen LogP contribution in [0, 0.1) is 6.92 Å². The van der Waals surface area contributed by atoms with Crippen LogP contribution in [0.3, 0.4) is 0 Å². The summed E-state index contributed by atoms with van der Waals surface area (Å²) >= 11 is 0. The third-order valence-corrected chi connectivity index (χ3v) is 4.89. The van der Waals surface area contributed by atoms with Crippen LogP contribution in [0.4, 0.5) is 11.4 Å². The first-order chi connectivity index (χ1) is 11.1. The minimum Gasteiger partial charge on any atom is -0.356 e. The van der Waals surface area contributed by atoms with E-state index >= 15 is 0 Å². The van der Waals surface area contributed by atoms with Crippen molar-refractivity contribution in [2.45, 2.75) is 26.2 Å². The Bertz CT molecular complexity index is 890. The second kappa shape index (κ2) is 4.99. The molecule has 0 spiro atoms. The molecule has 0 amide bonds. The zero-order valence-electron chi connectivity index (χ0n) is 13.9. The molecule has 0 atom stereocenters. The van der Waals surface area contributed by atoms with Crippen molar-refractivity contribution in [1.82, 2.24) is 0 Å². The van der Waals surface area contributed by atoms with Crippen molar-refractivity contribution in [1.29, 1.82) is 0 Å². The van der Waals surface area contributed by atoms with Crippen LogP contribution in [0.5, 0.6) is 0 Å². The minimum absolute atomic E-state index is 0.0518. The normalized spacial score (nSPS) is 14.2. The fraction of sp³-hybridized carbons (Fsp3) is 0.182. The van der Waals surface area contributed by atoms with Crippen LogP contribution in [0.15, 0.2) is 66.7 Å². The van der Waals surface area contributed by atoms with E-state index in [0.29, 0.717) is 0 Å². The van der Waals surface area contributed by atoms with Crippen molar-refractivity contribution < 1.29 is 0 Å². The van der Waals surface area contributed by atoms with E-state index in [0.717, 1.165) is 11.4 Å². The average Bonchev–Trinajstić information content (AvgIpc) is 2.76. The summed E-state index contributed by atoms with van der Waals surface area (Å²) in [5.74, 6) is 0. The smallest absolute Gasteiger partial charge is 0.0387 e. The number of anilines is 2. The summed E-state index contributed by atoms with van der Waals surface area (Å²) in [4.78, 5) is 0. The number of rotatable bonds is 2. The largest absolute Gasteiger partial charge is 0.356 e. The first-order valence-corrected chi connectivity index (χ1v) is 8.14. The zero-order valence-corrected chi connectivity index (χ0v) is 13.9. The van der Waals surface area contributed by atoms with Crippen molar-refractivity contribution in [3.63, 3.8) is 0 Å². The maximum atomic E-state index is 3.54. The number of nitrogens with one attached hydrogen (secondary N) is 1. The second-order valence-electron chi connectivity index (χ2n) is 6.93. The van der Waals surface area contributed by atoms with E-state index in [2.05, 4.69) is 92.8 Å². The monoisotopic (exact) mass is 299 g/mol. The Kier molecular flexibility index (Phi) is 3.05. The average molecular weight is 299 g/mol. The first-order valence-electron chi connectivity index (χ1n) is 8.14. The fourth-order valence-electron chi connectivity index (χ4n) is 3.67. The van der Waals surface area contributed by atoms with Crippen molar-refractivity contribution in [2.75, 3.05) is 5.32 Å². The van der Waals surface area contributed by atoms with Crippen LogP contribution in [0.2, 0.25) is 0 Å². The summed E-state index contributed by atoms with van der Waals surface area (Å²) < 4.78 is 0. The molecule has 1 N–H and O–H groups in total. The van der Waals surface area contributed by atoms with Gasteiger partial charge in [0.25, 0.3) is 0 Å². The SMILES string of the molecule is Cc1cccc(Nc2ccc3c(c2)C(C)(C)c2ccccc2-3)c1. The molecule has 0 aromatic heterocycles. The Hall–Kier alpha value is -2.54. The highest BCUT2D eigenvalue weighted by Gasteiger charge is 2.35. The molecule has 0 radical (unpaired) electrons. The Morgan fingerprint density at radius 3 is 2.26 bits per heavy atom. The lowest BCUT2D eigenvalue weighted by Crippen LogP contribution is -2.15. The van der Waals surface area contributed by atoms with E-state index in [1.807, 2.05) is 0 Å². The topological polar surface area (TPSA) is 12.0 Å². The summed E-state index contributed by atoms with van der Waals surface area (Å²) in [6.45, 7) is 6.75. The van der Waals surface area contributed by atoms with E-state index < -0.39 is 0 Å². The van der Waals surface area contributed by atoms with Gasteiger partial charge in [-0.05, 0) is 59.0 Å². The van der Waals surface area contributed by atoms with Gasteiger partial charge < -0.3 is 5.32 Å². The van der Waals surface area contributed by atoms with E-state index in [4.69, 9.17) is 0 Å². The summed E-state index contributed by atoms with van der Waals surface area (Å²) in [7, 11) is 0. The standard InChI is InChI=1S/C22H21N/c1-15-7-6-8-16(13-15)23-17-11-12-19-18-9-4-5-10-20(18)22(2,3)21(19)14-17/h4-14,23H,1-3H3. The summed E-state index contributed by atoms with van der Waals surface area (Å²) in [5, 5.41) is 3.54. The molecule has 4 rings (SSSR count). The number of benzene rings is 3. The lowest BCUT2D eigenvalue weighted by Gasteiger charge is -2.22. The van der Waals surface area contributed by atoms with Crippen LogP contribution in [-0.2, 0) is 5.41 Å². The van der Waals surface area contributed by atoms with Crippen molar-refractivity contribution >= 4 is 11.4 Å². The molecule has 1 nitrogen and oxygen atoms in total. The second-order valence-corrected chi connectivity index (χ2v) is 6.93. The van der Waals surface area contributed by atoms with Crippen LogP contribution in [0.1, 0.15) is 30.5 Å². The quantitative estimate of drug-likeness (QED) is 0.608. The van der Waals surface area contributed by atoms with Gasteiger partial charge in [0.05, 0.1) is 0 Å². The molecular weight excluding hydrogens is 278 g/mol. The van der Waals surface area contributed by atoms with E-state index in [-0.39, 0.29) is 5.41 Å². The van der Waals surface area contributed by atoms with Gasteiger partial charge in [-0.15, -0.1) is 0 Å². The van der Waals surface area contributed by atoms with Crippen LogP contribution < -0.4 is 5.32 Å². The highest BCUT2D eigenvalue weighted by molar-refractivity contribution is 5.82. The summed E-state index contributed by atoms with van der Waals surface area (Å²) in [6, 6.07) is 24.0. The first kappa shape index (κ1) is 14.1. The lowest BCUT2D eigenvalue weighted by molar-refractivity contribution is 0.660. The zero-order chi connectivity index (χ0) is 16.0. The number of hydrogen-bond acceptors (Lipinski definition) is 1. The summed E-state index contributed by atoms with van der Waals surface area (Å²) in [6.07, 6.45) is 0. The molecule has 1 aliphatic carbocycles. The van der Waals surface area contributed by atoms with Gasteiger partial charge in [0.2, 0.25) is 0 Å². The van der Waals surface area contributed by atoms with Gasteiger partial charge in [-0.1, -0.05) is 56.3 Å². The van der Waals surface area contributed by atoms with Gasteiger partial charge in [-0.25, -0.2) is 0 Å². The number of aryl methyl sites for hydroxylation is 1. The molecule has 3 aromatic carbocycles. The Morgan fingerprint density at radius 1 is 0.696 bits per heavy atom. The highest BCUT2D eigenvalue weighted by atomic mass is 14.9. The Balaban J connectivity index is 1.77. The van der Waals surface area contributed by atoms with Crippen LogP contribution in [0.25, 0.3) is 11.1 Å². The van der Waals surface area contributed by atoms with Crippen LogP contribution >= 0.6 is 0 Å². The van der Waals surface area contributed by atoms with E-state index in [1.165, 1.54) is 27.8 Å². The fourth-order valence-corrected chi connectivity index (χ4v) is 3.67. The molecule has 0 bridgehead atoms. The van der Waals surface area contributed by atoms with Crippen LogP contribution in [-0.4, -0.2) is 0 Å². The molecular formula is C22H21N. The molecule has 114 valence electrons. The van der Waals surface area contributed by atoms with Crippen molar-refractivity contribution in [2.24, 2.45) is 0 Å². The van der Waals surface area contributed by atoms with Crippen molar-refractivity contribution in [3.8, 4) is 11.1 Å². The minimum atomic E-state index is 0.0518. The maximum absolute atomic E-state index is 3.54. The molecule has 0 saturated carbocycles.